The second-order valence-corrected chi connectivity index (χ2v) is 6.16. The molecule has 0 aliphatic carbocycles. The van der Waals surface area contributed by atoms with Crippen LogP contribution in [0.5, 0.6) is 11.5 Å². The first-order chi connectivity index (χ1) is 11.5. The van der Waals surface area contributed by atoms with Gasteiger partial charge >= 0.3 is 0 Å². The maximum Gasteiger partial charge on any atom is 0.255 e. The van der Waals surface area contributed by atoms with Crippen LogP contribution in [0.1, 0.15) is 43.6 Å². The predicted molar refractivity (Wildman–Crippen MR) is 95.6 cm³/mol. The van der Waals surface area contributed by atoms with Gasteiger partial charge in [-0.25, -0.2) is 0 Å². The van der Waals surface area contributed by atoms with Gasteiger partial charge in [0.25, 0.3) is 5.91 Å². The second kappa shape index (κ2) is 8.39. The Balaban J connectivity index is 1.98. The molecule has 2 rings (SSSR count). The van der Waals surface area contributed by atoms with Crippen molar-refractivity contribution in [1.82, 2.24) is 5.32 Å². The lowest BCUT2D eigenvalue weighted by Gasteiger charge is -2.14. The van der Waals surface area contributed by atoms with E-state index in [4.69, 9.17) is 9.47 Å². The summed E-state index contributed by atoms with van der Waals surface area (Å²) in [6.07, 6.45) is 0.167. The zero-order valence-electron chi connectivity index (χ0n) is 14.7. The number of hydrogen-bond donors (Lipinski definition) is 1. The van der Waals surface area contributed by atoms with Crippen LogP contribution < -0.4 is 14.8 Å². The highest BCUT2D eigenvalue weighted by Crippen LogP contribution is 2.19. The summed E-state index contributed by atoms with van der Waals surface area (Å²) in [6, 6.07) is 15.0. The lowest BCUT2D eigenvalue weighted by atomic mass is 10.1. The van der Waals surface area contributed by atoms with Gasteiger partial charge in [0.15, 0.2) is 0 Å². The number of para-hydroxylation sites is 1. The monoisotopic (exact) mass is 327 g/mol. The average Bonchev–Trinajstić information content (AvgIpc) is 2.53. The molecule has 2 aromatic rings. The highest BCUT2D eigenvalue weighted by atomic mass is 16.5. The van der Waals surface area contributed by atoms with E-state index in [0.29, 0.717) is 17.9 Å². The molecule has 0 saturated heterocycles. The van der Waals surface area contributed by atoms with E-state index in [-0.39, 0.29) is 18.1 Å². The van der Waals surface area contributed by atoms with E-state index in [0.717, 1.165) is 11.3 Å². The van der Waals surface area contributed by atoms with Gasteiger partial charge in [0.2, 0.25) is 0 Å². The Hall–Kier alpha value is -2.49. The molecule has 128 valence electrons. The van der Waals surface area contributed by atoms with Crippen LogP contribution in [-0.4, -0.2) is 18.1 Å². The fraction of sp³-hybridized carbons (Fsp3) is 0.350. The minimum Gasteiger partial charge on any atom is -0.491 e. The third-order valence-electron chi connectivity index (χ3n) is 3.24. The van der Waals surface area contributed by atoms with Crippen LogP contribution in [0.2, 0.25) is 0 Å². The minimum atomic E-state index is -0.145. The van der Waals surface area contributed by atoms with Crippen LogP contribution in [0.3, 0.4) is 0 Å². The van der Waals surface area contributed by atoms with Crippen molar-refractivity contribution < 1.29 is 14.3 Å². The van der Waals surface area contributed by atoms with E-state index in [1.807, 2.05) is 70.2 Å². The summed E-state index contributed by atoms with van der Waals surface area (Å²) in [6.45, 7) is 8.32. The Morgan fingerprint density at radius 3 is 2.17 bits per heavy atom. The van der Waals surface area contributed by atoms with Crippen LogP contribution in [0, 0.1) is 0 Å². The number of rotatable bonds is 7. The number of hydrogen-bond acceptors (Lipinski definition) is 3. The smallest absolute Gasteiger partial charge is 0.255 e. The predicted octanol–water partition coefficient (Wildman–Crippen LogP) is 4.19. The molecule has 1 N–H and O–H groups in total. The average molecular weight is 327 g/mol. The summed E-state index contributed by atoms with van der Waals surface area (Å²) in [7, 11) is 0. The molecule has 0 atom stereocenters. The molecular weight excluding hydrogens is 302 g/mol. The molecule has 0 radical (unpaired) electrons. The van der Waals surface area contributed by atoms with Gasteiger partial charge in [0.05, 0.1) is 17.8 Å². The van der Waals surface area contributed by atoms with Gasteiger partial charge in [-0.15, -0.1) is 0 Å². The Bertz CT molecular complexity index is 663. The normalized spacial score (nSPS) is 10.8. The van der Waals surface area contributed by atoms with Crippen LogP contribution in [0.25, 0.3) is 0 Å². The summed E-state index contributed by atoms with van der Waals surface area (Å²) in [5.41, 5.74) is 1.56. The Morgan fingerprint density at radius 1 is 0.917 bits per heavy atom. The topological polar surface area (TPSA) is 47.6 Å². The van der Waals surface area contributed by atoms with E-state index < -0.39 is 0 Å². The Kier molecular flexibility index (Phi) is 6.24. The van der Waals surface area contributed by atoms with Crippen molar-refractivity contribution in [3.05, 3.63) is 59.7 Å². The molecule has 4 nitrogen and oxygen atoms in total. The van der Waals surface area contributed by atoms with E-state index in [1.54, 1.807) is 6.07 Å². The second-order valence-electron chi connectivity index (χ2n) is 6.16. The maximum absolute atomic E-state index is 12.4. The van der Waals surface area contributed by atoms with Gasteiger partial charge in [0.1, 0.15) is 11.5 Å². The zero-order valence-corrected chi connectivity index (χ0v) is 14.7. The first kappa shape index (κ1) is 17.9. The SMILES string of the molecule is CC(C)Oc1ccc(CNC(=O)c2ccccc2OC(C)C)cc1. The van der Waals surface area contributed by atoms with Crippen molar-refractivity contribution in [2.24, 2.45) is 0 Å². The molecule has 24 heavy (non-hydrogen) atoms. The first-order valence-electron chi connectivity index (χ1n) is 8.25. The van der Waals surface area contributed by atoms with Crippen LogP contribution in [-0.2, 0) is 6.54 Å². The summed E-state index contributed by atoms with van der Waals surface area (Å²) in [5, 5.41) is 2.93. The number of amides is 1. The number of carbonyl (C=O) groups is 1. The number of ether oxygens (including phenoxy) is 2. The van der Waals surface area contributed by atoms with E-state index in [2.05, 4.69) is 5.32 Å². The highest BCUT2D eigenvalue weighted by Gasteiger charge is 2.12. The Morgan fingerprint density at radius 2 is 1.54 bits per heavy atom. The molecule has 0 heterocycles. The van der Waals surface area contributed by atoms with Crippen LogP contribution in [0.4, 0.5) is 0 Å². The number of nitrogens with one attached hydrogen (secondary N) is 1. The van der Waals surface area contributed by atoms with Gasteiger partial charge in [-0.05, 0) is 57.5 Å². The van der Waals surface area contributed by atoms with E-state index in [1.165, 1.54) is 0 Å². The van der Waals surface area contributed by atoms with E-state index >= 15 is 0 Å². The third kappa shape index (κ3) is 5.30. The maximum atomic E-state index is 12.4. The van der Waals surface area contributed by atoms with Crippen molar-refractivity contribution >= 4 is 5.91 Å². The molecule has 0 aromatic heterocycles. The summed E-state index contributed by atoms with van der Waals surface area (Å²) in [5.74, 6) is 1.29. The van der Waals surface area contributed by atoms with Crippen molar-refractivity contribution in [2.75, 3.05) is 0 Å². The van der Waals surface area contributed by atoms with Gasteiger partial charge in [-0.3, -0.25) is 4.79 Å². The molecule has 0 fully saturated rings. The van der Waals surface area contributed by atoms with Gasteiger partial charge in [-0.1, -0.05) is 24.3 Å². The standard InChI is InChI=1S/C20H25NO3/c1-14(2)23-17-11-9-16(10-12-17)13-21-20(22)18-7-5-6-8-19(18)24-15(3)4/h5-12,14-15H,13H2,1-4H3,(H,21,22). The molecule has 0 saturated carbocycles. The number of carbonyl (C=O) groups excluding carboxylic acids is 1. The van der Waals surface area contributed by atoms with Crippen LogP contribution >= 0.6 is 0 Å². The number of benzene rings is 2. The lowest BCUT2D eigenvalue weighted by molar-refractivity contribution is 0.0945. The van der Waals surface area contributed by atoms with Gasteiger partial charge in [-0.2, -0.15) is 0 Å². The largest absolute Gasteiger partial charge is 0.491 e. The molecule has 0 aliphatic heterocycles. The molecule has 2 aromatic carbocycles. The fourth-order valence-corrected chi connectivity index (χ4v) is 2.25. The molecule has 4 heteroatoms. The summed E-state index contributed by atoms with van der Waals surface area (Å²) < 4.78 is 11.3. The van der Waals surface area contributed by atoms with Gasteiger partial charge in [0, 0.05) is 6.54 Å². The van der Waals surface area contributed by atoms with Crippen molar-refractivity contribution in [3.63, 3.8) is 0 Å². The zero-order chi connectivity index (χ0) is 17.5. The minimum absolute atomic E-state index is 0.0208. The van der Waals surface area contributed by atoms with Crippen molar-refractivity contribution in [1.29, 1.82) is 0 Å². The molecule has 0 unspecified atom stereocenters. The van der Waals surface area contributed by atoms with E-state index in [9.17, 15) is 4.79 Å². The molecule has 1 amide bonds. The fourth-order valence-electron chi connectivity index (χ4n) is 2.25. The molecule has 0 bridgehead atoms. The lowest BCUT2D eigenvalue weighted by Crippen LogP contribution is -2.24. The Labute approximate surface area is 143 Å². The van der Waals surface area contributed by atoms with Crippen molar-refractivity contribution in [2.45, 2.75) is 46.4 Å². The first-order valence-corrected chi connectivity index (χ1v) is 8.25. The summed E-state index contributed by atoms with van der Waals surface area (Å²) in [4.78, 5) is 12.4. The molecule has 0 spiro atoms. The summed E-state index contributed by atoms with van der Waals surface area (Å²) >= 11 is 0. The molecular formula is C20H25NO3. The third-order valence-corrected chi connectivity index (χ3v) is 3.24. The quantitative estimate of drug-likeness (QED) is 0.829. The molecule has 0 aliphatic rings. The van der Waals surface area contributed by atoms with Gasteiger partial charge < -0.3 is 14.8 Å². The highest BCUT2D eigenvalue weighted by molar-refractivity contribution is 5.96. The van der Waals surface area contributed by atoms with Crippen LogP contribution in [0.15, 0.2) is 48.5 Å². The van der Waals surface area contributed by atoms with Crippen molar-refractivity contribution in [3.8, 4) is 11.5 Å².